The number of hydrogen-bond acceptors (Lipinski definition) is 2. The van der Waals surface area contributed by atoms with E-state index in [0.717, 1.165) is 12.1 Å². The molecule has 0 fully saturated rings. The number of hydrogen-bond donors (Lipinski definition) is 1. The number of aliphatic hydroxyl groups is 1. The van der Waals surface area contributed by atoms with Crippen molar-refractivity contribution in [1.29, 1.82) is 5.26 Å². The third kappa shape index (κ3) is 1.82. The molecule has 0 amide bonds. The summed E-state index contributed by atoms with van der Waals surface area (Å²) >= 11 is 0. The molecule has 0 bridgehead atoms. The molecule has 13 heavy (non-hydrogen) atoms. The second-order valence-corrected chi connectivity index (χ2v) is 2.64. The van der Waals surface area contributed by atoms with Gasteiger partial charge in [-0.3, -0.25) is 0 Å². The van der Waals surface area contributed by atoms with Crippen molar-refractivity contribution in [3.63, 3.8) is 0 Å². The van der Waals surface area contributed by atoms with Crippen molar-refractivity contribution in [2.75, 3.05) is 0 Å². The smallest absolute Gasteiger partial charge is 0.146 e. The molecule has 0 radical (unpaired) electrons. The lowest BCUT2D eigenvalue weighted by Crippen LogP contribution is -1.99. The normalized spacial score (nSPS) is 12.2. The van der Waals surface area contributed by atoms with Crippen LogP contribution < -0.4 is 0 Å². The van der Waals surface area contributed by atoms with Gasteiger partial charge >= 0.3 is 0 Å². The minimum Gasteiger partial charge on any atom is -0.389 e. The van der Waals surface area contributed by atoms with Crippen LogP contribution in [-0.4, -0.2) is 5.11 Å². The summed E-state index contributed by atoms with van der Waals surface area (Å²) in [5.74, 6) is -1.59. The molecule has 1 atom stereocenters. The van der Waals surface area contributed by atoms with Gasteiger partial charge in [0.15, 0.2) is 0 Å². The van der Waals surface area contributed by atoms with E-state index in [1.165, 1.54) is 13.0 Å². The zero-order chi connectivity index (χ0) is 10.0. The molecule has 1 unspecified atom stereocenters. The maximum atomic E-state index is 13.2. The second kappa shape index (κ2) is 3.50. The molecule has 1 N–H and O–H groups in total. The first-order valence-corrected chi connectivity index (χ1v) is 3.63. The Balaban J connectivity index is 3.38. The fourth-order valence-electron chi connectivity index (χ4n) is 0.996. The average molecular weight is 183 g/mol. The predicted octanol–water partition coefficient (Wildman–Crippen LogP) is 1.89. The Hall–Kier alpha value is -1.47. The summed E-state index contributed by atoms with van der Waals surface area (Å²) in [6.07, 6.45) is -1.12. The summed E-state index contributed by atoms with van der Waals surface area (Å²) in [5, 5.41) is 17.4. The van der Waals surface area contributed by atoms with Crippen LogP contribution >= 0.6 is 0 Å². The molecule has 1 rings (SSSR count). The number of nitriles is 1. The molecule has 1 aromatic rings. The molecule has 0 spiro atoms. The standard InChI is InChI=1S/C9H7F2NO/c1-5(13)8-3-7(10)2-6(4-12)9(8)11/h2-3,5,13H,1H3. The van der Waals surface area contributed by atoms with Crippen LogP contribution in [0.4, 0.5) is 8.78 Å². The first-order valence-electron chi connectivity index (χ1n) is 3.63. The minimum absolute atomic E-state index is 0.198. The van der Waals surface area contributed by atoms with Gasteiger partial charge in [0.25, 0.3) is 0 Å². The van der Waals surface area contributed by atoms with Crippen LogP contribution in [0.15, 0.2) is 12.1 Å². The molecular weight excluding hydrogens is 176 g/mol. The van der Waals surface area contributed by atoms with E-state index in [1.54, 1.807) is 0 Å². The van der Waals surface area contributed by atoms with Gasteiger partial charge in [0, 0.05) is 5.56 Å². The molecule has 0 saturated heterocycles. The first kappa shape index (κ1) is 9.62. The van der Waals surface area contributed by atoms with E-state index in [4.69, 9.17) is 10.4 Å². The fraction of sp³-hybridized carbons (Fsp3) is 0.222. The van der Waals surface area contributed by atoms with Crippen molar-refractivity contribution in [3.05, 3.63) is 34.9 Å². The lowest BCUT2D eigenvalue weighted by Gasteiger charge is -2.06. The highest BCUT2D eigenvalue weighted by atomic mass is 19.1. The Kier molecular flexibility index (Phi) is 2.59. The van der Waals surface area contributed by atoms with E-state index in [-0.39, 0.29) is 5.56 Å². The van der Waals surface area contributed by atoms with Gasteiger partial charge < -0.3 is 5.11 Å². The molecular formula is C9H7F2NO. The van der Waals surface area contributed by atoms with Gasteiger partial charge in [0.1, 0.15) is 17.7 Å². The Morgan fingerprint density at radius 3 is 2.54 bits per heavy atom. The van der Waals surface area contributed by atoms with E-state index >= 15 is 0 Å². The summed E-state index contributed by atoms with van der Waals surface area (Å²) in [7, 11) is 0. The van der Waals surface area contributed by atoms with Gasteiger partial charge in [-0.05, 0) is 19.1 Å². The van der Waals surface area contributed by atoms with Crippen molar-refractivity contribution in [3.8, 4) is 6.07 Å². The van der Waals surface area contributed by atoms with Gasteiger partial charge in [-0.1, -0.05) is 0 Å². The first-order chi connectivity index (χ1) is 6.06. The predicted molar refractivity (Wildman–Crippen MR) is 41.7 cm³/mol. The third-order valence-electron chi connectivity index (χ3n) is 1.64. The quantitative estimate of drug-likeness (QED) is 0.722. The maximum absolute atomic E-state index is 13.2. The van der Waals surface area contributed by atoms with Crippen molar-refractivity contribution < 1.29 is 13.9 Å². The van der Waals surface area contributed by atoms with Gasteiger partial charge in [-0.2, -0.15) is 5.26 Å². The van der Waals surface area contributed by atoms with E-state index in [9.17, 15) is 8.78 Å². The van der Waals surface area contributed by atoms with E-state index in [2.05, 4.69) is 0 Å². The molecule has 0 aliphatic heterocycles. The van der Waals surface area contributed by atoms with Gasteiger partial charge in [-0.15, -0.1) is 0 Å². The highest BCUT2D eigenvalue weighted by Gasteiger charge is 2.14. The number of halogens is 2. The molecule has 1 aromatic carbocycles. The van der Waals surface area contributed by atoms with Crippen LogP contribution in [0.25, 0.3) is 0 Å². The average Bonchev–Trinajstić information content (AvgIpc) is 2.08. The second-order valence-electron chi connectivity index (χ2n) is 2.64. The maximum Gasteiger partial charge on any atom is 0.146 e. The fourth-order valence-corrected chi connectivity index (χ4v) is 0.996. The van der Waals surface area contributed by atoms with Crippen molar-refractivity contribution in [2.24, 2.45) is 0 Å². The molecule has 0 aliphatic rings. The Bertz CT molecular complexity index is 369. The van der Waals surface area contributed by atoms with Crippen LogP contribution in [0.1, 0.15) is 24.2 Å². The molecule has 0 aliphatic carbocycles. The zero-order valence-electron chi connectivity index (χ0n) is 6.88. The topological polar surface area (TPSA) is 44.0 Å². The van der Waals surface area contributed by atoms with Crippen LogP contribution in [0.3, 0.4) is 0 Å². The molecule has 68 valence electrons. The number of aliphatic hydroxyl groups excluding tert-OH is 1. The summed E-state index contributed by atoms with van der Waals surface area (Å²) < 4.78 is 25.9. The van der Waals surface area contributed by atoms with Crippen LogP contribution in [0, 0.1) is 23.0 Å². The molecule has 0 saturated carbocycles. The molecule has 4 heteroatoms. The Labute approximate surface area is 74.0 Å². The summed E-state index contributed by atoms with van der Waals surface area (Å²) in [6, 6.07) is 3.17. The van der Waals surface area contributed by atoms with Gasteiger partial charge in [0.05, 0.1) is 11.7 Å². The highest BCUT2D eigenvalue weighted by Crippen LogP contribution is 2.20. The van der Waals surface area contributed by atoms with Crippen molar-refractivity contribution in [2.45, 2.75) is 13.0 Å². The number of benzene rings is 1. The monoisotopic (exact) mass is 183 g/mol. The Morgan fingerprint density at radius 1 is 1.46 bits per heavy atom. The zero-order valence-corrected chi connectivity index (χ0v) is 6.88. The Morgan fingerprint density at radius 2 is 2.08 bits per heavy atom. The lowest BCUT2D eigenvalue weighted by atomic mass is 10.1. The highest BCUT2D eigenvalue weighted by molar-refractivity contribution is 5.36. The van der Waals surface area contributed by atoms with Crippen LogP contribution in [-0.2, 0) is 0 Å². The third-order valence-corrected chi connectivity index (χ3v) is 1.64. The van der Waals surface area contributed by atoms with Crippen LogP contribution in [0.2, 0.25) is 0 Å². The summed E-state index contributed by atoms with van der Waals surface area (Å²) in [5.41, 5.74) is -0.590. The molecule has 0 heterocycles. The number of rotatable bonds is 1. The lowest BCUT2D eigenvalue weighted by molar-refractivity contribution is 0.193. The van der Waals surface area contributed by atoms with Gasteiger partial charge in [0.2, 0.25) is 0 Å². The van der Waals surface area contributed by atoms with Crippen molar-refractivity contribution in [1.82, 2.24) is 0 Å². The SMILES string of the molecule is CC(O)c1cc(F)cc(C#N)c1F. The van der Waals surface area contributed by atoms with Crippen molar-refractivity contribution >= 4 is 0 Å². The largest absolute Gasteiger partial charge is 0.389 e. The summed E-state index contributed by atoms with van der Waals surface area (Å²) in [4.78, 5) is 0. The molecule has 0 aromatic heterocycles. The number of nitrogens with zero attached hydrogens (tertiary/aromatic N) is 1. The van der Waals surface area contributed by atoms with E-state index in [0.29, 0.717) is 0 Å². The molecule has 2 nitrogen and oxygen atoms in total. The summed E-state index contributed by atoms with van der Waals surface area (Å²) in [6.45, 7) is 1.30. The minimum atomic E-state index is -1.12. The van der Waals surface area contributed by atoms with Crippen LogP contribution in [0.5, 0.6) is 0 Å². The van der Waals surface area contributed by atoms with E-state index in [1.807, 2.05) is 0 Å². The van der Waals surface area contributed by atoms with E-state index < -0.39 is 23.3 Å². The van der Waals surface area contributed by atoms with Gasteiger partial charge in [-0.25, -0.2) is 8.78 Å².